The zero-order valence-electron chi connectivity index (χ0n) is 13.6. The molecule has 0 bridgehead atoms. The molecule has 0 atom stereocenters. The van der Waals surface area contributed by atoms with E-state index in [4.69, 9.17) is 4.74 Å². The van der Waals surface area contributed by atoms with Crippen molar-refractivity contribution >= 4 is 21.6 Å². The highest BCUT2D eigenvalue weighted by atomic mass is 32.1. The van der Waals surface area contributed by atoms with E-state index in [1.807, 2.05) is 23.6 Å². The minimum absolute atomic E-state index is 0.0112. The van der Waals surface area contributed by atoms with E-state index in [1.165, 1.54) is 16.9 Å². The average molecular weight is 328 g/mol. The highest BCUT2D eigenvalue weighted by Gasteiger charge is 2.13. The zero-order chi connectivity index (χ0) is 16.4. The highest BCUT2D eigenvalue weighted by Crippen LogP contribution is 2.24. The standard InChI is InChI=1S/C18H20N2O2S/c1-18(2,3)13-4-6-14(7-5-13)22-10-9-20-12-19-16-15(17(20)21)8-11-23-16/h4-8,11-12H,9-10H2,1-3H3. The summed E-state index contributed by atoms with van der Waals surface area (Å²) in [5.41, 5.74) is 1.39. The molecule has 120 valence electrons. The quantitative estimate of drug-likeness (QED) is 0.731. The monoisotopic (exact) mass is 328 g/mol. The Morgan fingerprint density at radius 1 is 1.17 bits per heavy atom. The van der Waals surface area contributed by atoms with E-state index in [0.29, 0.717) is 18.5 Å². The third-order valence-electron chi connectivity index (χ3n) is 3.77. The molecule has 0 saturated carbocycles. The summed E-state index contributed by atoms with van der Waals surface area (Å²) < 4.78 is 7.34. The van der Waals surface area contributed by atoms with Crippen LogP contribution in [0.25, 0.3) is 10.2 Å². The molecule has 0 amide bonds. The van der Waals surface area contributed by atoms with Crippen LogP contribution in [-0.2, 0) is 12.0 Å². The van der Waals surface area contributed by atoms with E-state index in [2.05, 4.69) is 37.9 Å². The van der Waals surface area contributed by atoms with Crippen LogP contribution >= 0.6 is 11.3 Å². The summed E-state index contributed by atoms with van der Waals surface area (Å²) in [5.74, 6) is 0.815. The van der Waals surface area contributed by atoms with Crippen molar-refractivity contribution in [2.75, 3.05) is 6.61 Å². The lowest BCUT2D eigenvalue weighted by molar-refractivity contribution is 0.296. The molecule has 4 nitrogen and oxygen atoms in total. The van der Waals surface area contributed by atoms with Gasteiger partial charge in [-0.3, -0.25) is 9.36 Å². The fourth-order valence-electron chi connectivity index (χ4n) is 2.37. The lowest BCUT2D eigenvalue weighted by atomic mass is 9.87. The van der Waals surface area contributed by atoms with Gasteiger partial charge in [0.05, 0.1) is 18.3 Å². The number of nitrogens with zero attached hydrogens (tertiary/aromatic N) is 2. The van der Waals surface area contributed by atoms with Crippen LogP contribution in [0.5, 0.6) is 5.75 Å². The predicted octanol–water partition coefficient (Wildman–Crippen LogP) is 3.83. The van der Waals surface area contributed by atoms with Gasteiger partial charge in [0.1, 0.15) is 17.2 Å². The number of hydrogen-bond donors (Lipinski definition) is 0. The zero-order valence-corrected chi connectivity index (χ0v) is 14.4. The molecule has 2 aromatic heterocycles. The topological polar surface area (TPSA) is 44.1 Å². The van der Waals surface area contributed by atoms with Gasteiger partial charge in [-0.15, -0.1) is 11.3 Å². The number of benzene rings is 1. The third-order valence-corrected chi connectivity index (χ3v) is 4.59. The van der Waals surface area contributed by atoms with Crippen LogP contribution in [0.1, 0.15) is 26.3 Å². The van der Waals surface area contributed by atoms with Crippen LogP contribution in [0.4, 0.5) is 0 Å². The summed E-state index contributed by atoms with van der Waals surface area (Å²) in [6.45, 7) is 7.47. The lowest BCUT2D eigenvalue weighted by Gasteiger charge is -2.19. The van der Waals surface area contributed by atoms with Crippen molar-refractivity contribution in [1.29, 1.82) is 0 Å². The van der Waals surface area contributed by atoms with Gasteiger partial charge in [-0.2, -0.15) is 0 Å². The van der Waals surface area contributed by atoms with Crippen molar-refractivity contribution in [3.8, 4) is 5.75 Å². The molecule has 0 aliphatic rings. The Morgan fingerprint density at radius 3 is 2.61 bits per heavy atom. The molecule has 3 aromatic rings. The van der Waals surface area contributed by atoms with Gasteiger partial charge >= 0.3 is 0 Å². The van der Waals surface area contributed by atoms with Crippen molar-refractivity contribution in [3.63, 3.8) is 0 Å². The summed E-state index contributed by atoms with van der Waals surface area (Å²) in [6.07, 6.45) is 1.59. The van der Waals surface area contributed by atoms with Gasteiger partial charge in [0.15, 0.2) is 0 Å². The fraction of sp³-hybridized carbons (Fsp3) is 0.333. The van der Waals surface area contributed by atoms with Gasteiger partial charge in [0, 0.05) is 0 Å². The van der Waals surface area contributed by atoms with Crippen LogP contribution < -0.4 is 10.3 Å². The number of thiophene rings is 1. The van der Waals surface area contributed by atoms with Gasteiger partial charge in [-0.1, -0.05) is 32.9 Å². The fourth-order valence-corrected chi connectivity index (χ4v) is 3.09. The van der Waals surface area contributed by atoms with E-state index >= 15 is 0 Å². The minimum atomic E-state index is -0.0112. The Labute approximate surface area is 139 Å². The summed E-state index contributed by atoms with van der Waals surface area (Å²) in [4.78, 5) is 17.3. The van der Waals surface area contributed by atoms with E-state index in [1.54, 1.807) is 10.9 Å². The highest BCUT2D eigenvalue weighted by molar-refractivity contribution is 7.16. The van der Waals surface area contributed by atoms with Gasteiger partial charge in [0.25, 0.3) is 5.56 Å². The maximum absolute atomic E-state index is 12.3. The molecule has 0 radical (unpaired) electrons. The minimum Gasteiger partial charge on any atom is -0.492 e. The first-order valence-electron chi connectivity index (χ1n) is 7.61. The first kappa shape index (κ1) is 15.7. The Balaban J connectivity index is 1.64. The van der Waals surface area contributed by atoms with E-state index < -0.39 is 0 Å². The van der Waals surface area contributed by atoms with Crippen LogP contribution in [0.2, 0.25) is 0 Å². The molecule has 23 heavy (non-hydrogen) atoms. The van der Waals surface area contributed by atoms with Crippen molar-refractivity contribution in [2.45, 2.75) is 32.7 Å². The van der Waals surface area contributed by atoms with Crippen molar-refractivity contribution in [2.24, 2.45) is 0 Å². The molecular formula is C18H20N2O2S. The first-order valence-corrected chi connectivity index (χ1v) is 8.49. The molecule has 1 aromatic carbocycles. The van der Waals surface area contributed by atoms with Crippen molar-refractivity contribution in [3.05, 3.63) is 58.0 Å². The van der Waals surface area contributed by atoms with E-state index in [-0.39, 0.29) is 11.0 Å². The number of aromatic nitrogens is 2. The molecule has 0 unspecified atom stereocenters. The lowest BCUT2D eigenvalue weighted by Crippen LogP contribution is -2.23. The number of ether oxygens (including phenoxy) is 1. The number of fused-ring (bicyclic) bond motifs is 1. The second kappa shape index (κ2) is 6.16. The van der Waals surface area contributed by atoms with Crippen LogP contribution in [0.15, 0.2) is 46.8 Å². The normalized spacial score (nSPS) is 11.8. The second-order valence-electron chi connectivity index (χ2n) is 6.51. The Kier molecular flexibility index (Phi) is 4.22. The molecular weight excluding hydrogens is 308 g/mol. The Morgan fingerprint density at radius 2 is 1.91 bits per heavy atom. The van der Waals surface area contributed by atoms with Crippen molar-refractivity contribution < 1.29 is 4.74 Å². The van der Waals surface area contributed by atoms with E-state index in [9.17, 15) is 4.79 Å². The van der Waals surface area contributed by atoms with E-state index in [0.717, 1.165) is 10.6 Å². The predicted molar refractivity (Wildman–Crippen MR) is 94.5 cm³/mol. The largest absolute Gasteiger partial charge is 0.492 e. The second-order valence-corrected chi connectivity index (χ2v) is 7.40. The molecule has 0 saturated heterocycles. The smallest absolute Gasteiger partial charge is 0.262 e. The van der Waals surface area contributed by atoms with Gasteiger partial charge in [-0.25, -0.2) is 4.98 Å². The molecule has 3 rings (SSSR count). The van der Waals surface area contributed by atoms with Gasteiger partial charge < -0.3 is 4.74 Å². The Bertz CT molecular complexity index is 857. The third kappa shape index (κ3) is 3.45. The first-order chi connectivity index (χ1) is 10.9. The van der Waals surface area contributed by atoms with Gasteiger partial charge in [0.2, 0.25) is 0 Å². The average Bonchev–Trinajstić information content (AvgIpc) is 2.99. The van der Waals surface area contributed by atoms with Crippen LogP contribution in [0.3, 0.4) is 0 Å². The Hall–Kier alpha value is -2.14. The molecule has 0 fully saturated rings. The van der Waals surface area contributed by atoms with Crippen LogP contribution in [0, 0.1) is 0 Å². The molecule has 0 aliphatic heterocycles. The van der Waals surface area contributed by atoms with Gasteiger partial charge in [-0.05, 0) is 34.6 Å². The molecule has 0 N–H and O–H groups in total. The molecule has 0 aliphatic carbocycles. The summed E-state index contributed by atoms with van der Waals surface area (Å²) in [5, 5.41) is 2.56. The molecule has 2 heterocycles. The summed E-state index contributed by atoms with van der Waals surface area (Å²) in [6, 6.07) is 9.94. The maximum Gasteiger partial charge on any atom is 0.262 e. The maximum atomic E-state index is 12.3. The molecule has 0 spiro atoms. The summed E-state index contributed by atoms with van der Waals surface area (Å²) >= 11 is 1.48. The van der Waals surface area contributed by atoms with Crippen molar-refractivity contribution in [1.82, 2.24) is 9.55 Å². The molecule has 5 heteroatoms. The SMILES string of the molecule is CC(C)(C)c1ccc(OCCn2cnc3sccc3c2=O)cc1. The number of rotatable bonds is 4. The number of hydrogen-bond acceptors (Lipinski definition) is 4. The summed E-state index contributed by atoms with van der Waals surface area (Å²) in [7, 11) is 0. The van der Waals surface area contributed by atoms with Crippen LogP contribution in [-0.4, -0.2) is 16.2 Å².